The number of rotatable bonds is 2. The molecule has 1 aliphatic heterocycles. The molecular weight excluding hydrogens is 322 g/mol. The number of benzene rings is 1. The van der Waals surface area contributed by atoms with E-state index in [4.69, 9.17) is 4.74 Å². The van der Waals surface area contributed by atoms with E-state index in [1.165, 1.54) is 0 Å². The van der Waals surface area contributed by atoms with Gasteiger partial charge in [-0.05, 0) is 30.5 Å². The van der Waals surface area contributed by atoms with E-state index in [2.05, 4.69) is 9.97 Å². The number of thiophene rings is 1. The van der Waals surface area contributed by atoms with Gasteiger partial charge in [-0.25, -0.2) is 9.97 Å². The second-order valence-electron chi connectivity index (χ2n) is 5.79. The average Bonchev–Trinajstić information content (AvgIpc) is 3.05. The van der Waals surface area contributed by atoms with E-state index >= 15 is 0 Å². The van der Waals surface area contributed by atoms with Crippen LogP contribution in [0.25, 0.3) is 10.1 Å². The van der Waals surface area contributed by atoms with Crippen molar-refractivity contribution in [1.82, 2.24) is 14.9 Å². The maximum Gasteiger partial charge on any atom is 0.264 e. The highest BCUT2D eigenvalue weighted by Gasteiger charge is 2.27. The van der Waals surface area contributed by atoms with Crippen molar-refractivity contribution in [2.45, 2.75) is 13.0 Å². The van der Waals surface area contributed by atoms with Gasteiger partial charge < -0.3 is 9.64 Å². The van der Waals surface area contributed by atoms with Gasteiger partial charge in [-0.1, -0.05) is 18.2 Å². The van der Waals surface area contributed by atoms with Gasteiger partial charge in [-0.15, -0.1) is 11.3 Å². The second-order valence-corrected chi connectivity index (χ2v) is 6.87. The molecule has 6 heteroatoms. The van der Waals surface area contributed by atoms with Crippen molar-refractivity contribution >= 4 is 27.3 Å². The van der Waals surface area contributed by atoms with Crippen molar-refractivity contribution in [2.24, 2.45) is 0 Å². The summed E-state index contributed by atoms with van der Waals surface area (Å²) in [4.78, 5) is 24.0. The van der Waals surface area contributed by atoms with Crippen LogP contribution in [-0.2, 0) is 4.74 Å². The Morgan fingerprint density at radius 3 is 3.04 bits per heavy atom. The zero-order chi connectivity index (χ0) is 16.5. The zero-order valence-electron chi connectivity index (χ0n) is 13.3. The van der Waals surface area contributed by atoms with Crippen LogP contribution < -0.4 is 0 Å². The molecule has 5 nitrogen and oxygen atoms in total. The normalized spacial score (nSPS) is 18.0. The first kappa shape index (κ1) is 15.2. The number of morpholine rings is 1. The fraction of sp³-hybridized carbons (Fsp3) is 0.278. The van der Waals surface area contributed by atoms with Crippen molar-refractivity contribution < 1.29 is 9.53 Å². The molecule has 4 rings (SSSR count). The SMILES string of the molecule is Cc1nccc([C@H]2CN(C(=O)c3cc4ccccc4s3)CCO2)n1. The first-order valence-electron chi connectivity index (χ1n) is 7.90. The Balaban J connectivity index is 1.56. The number of hydrogen-bond acceptors (Lipinski definition) is 5. The Bertz CT molecular complexity index is 860. The van der Waals surface area contributed by atoms with E-state index in [9.17, 15) is 4.79 Å². The van der Waals surface area contributed by atoms with Crippen molar-refractivity contribution in [3.8, 4) is 0 Å². The zero-order valence-corrected chi connectivity index (χ0v) is 14.1. The predicted octanol–water partition coefficient (Wildman–Crippen LogP) is 3.21. The number of carbonyl (C=O) groups excluding carboxylic acids is 1. The molecule has 0 radical (unpaired) electrons. The van der Waals surface area contributed by atoms with Crippen molar-refractivity contribution in [1.29, 1.82) is 0 Å². The number of fused-ring (bicyclic) bond motifs is 1. The quantitative estimate of drug-likeness (QED) is 0.719. The highest BCUT2D eigenvalue weighted by Crippen LogP contribution is 2.28. The molecule has 0 spiro atoms. The summed E-state index contributed by atoms with van der Waals surface area (Å²) in [6.07, 6.45) is 1.53. The Hall–Kier alpha value is -2.31. The molecule has 0 bridgehead atoms. The Morgan fingerprint density at radius 1 is 1.33 bits per heavy atom. The summed E-state index contributed by atoms with van der Waals surface area (Å²) in [6.45, 7) is 3.49. The molecule has 0 aliphatic carbocycles. The number of nitrogens with zero attached hydrogens (tertiary/aromatic N) is 3. The van der Waals surface area contributed by atoms with E-state index in [0.717, 1.165) is 20.7 Å². The Kier molecular flexibility index (Phi) is 4.00. The summed E-state index contributed by atoms with van der Waals surface area (Å²) in [5.41, 5.74) is 0.830. The molecule has 1 amide bonds. The van der Waals surface area contributed by atoms with Crippen LogP contribution in [0.3, 0.4) is 0 Å². The van der Waals surface area contributed by atoms with Crippen LogP contribution in [0.5, 0.6) is 0 Å². The Morgan fingerprint density at radius 2 is 2.21 bits per heavy atom. The molecule has 1 atom stereocenters. The maximum atomic E-state index is 12.9. The van der Waals surface area contributed by atoms with Gasteiger partial charge in [-0.2, -0.15) is 0 Å². The third-order valence-electron chi connectivity index (χ3n) is 4.12. The maximum absolute atomic E-state index is 12.9. The van der Waals surface area contributed by atoms with E-state index in [0.29, 0.717) is 25.5 Å². The first-order chi connectivity index (χ1) is 11.7. The lowest BCUT2D eigenvalue weighted by Gasteiger charge is -2.32. The largest absolute Gasteiger partial charge is 0.368 e. The summed E-state index contributed by atoms with van der Waals surface area (Å²) in [5, 5.41) is 1.11. The second kappa shape index (κ2) is 6.30. The van der Waals surface area contributed by atoms with Crippen LogP contribution in [0.4, 0.5) is 0 Å². The van der Waals surface area contributed by atoms with Crippen LogP contribution >= 0.6 is 11.3 Å². The van der Waals surface area contributed by atoms with Gasteiger partial charge in [0.05, 0.1) is 23.7 Å². The molecule has 0 unspecified atom stereocenters. The molecule has 1 aliphatic rings. The highest BCUT2D eigenvalue weighted by atomic mass is 32.1. The van der Waals surface area contributed by atoms with Crippen molar-refractivity contribution in [3.05, 3.63) is 59.0 Å². The van der Waals surface area contributed by atoms with E-state index in [1.807, 2.05) is 48.2 Å². The van der Waals surface area contributed by atoms with E-state index in [-0.39, 0.29) is 12.0 Å². The van der Waals surface area contributed by atoms with Gasteiger partial charge in [0.25, 0.3) is 5.91 Å². The van der Waals surface area contributed by atoms with Gasteiger partial charge in [0.15, 0.2) is 0 Å². The lowest BCUT2D eigenvalue weighted by atomic mass is 10.2. The molecule has 3 aromatic rings. The van der Waals surface area contributed by atoms with Crippen LogP contribution in [0, 0.1) is 6.92 Å². The average molecular weight is 339 g/mol. The van der Waals surface area contributed by atoms with Crippen molar-refractivity contribution in [2.75, 3.05) is 19.7 Å². The molecule has 24 heavy (non-hydrogen) atoms. The molecule has 122 valence electrons. The van der Waals surface area contributed by atoms with Gasteiger partial charge in [0.2, 0.25) is 0 Å². The lowest BCUT2D eigenvalue weighted by Crippen LogP contribution is -2.42. The summed E-state index contributed by atoms with van der Waals surface area (Å²) < 4.78 is 6.95. The molecule has 0 N–H and O–H groups in total. The molecule has 1 fully saturated rings. The summed E-state index contributed by atoms with van der Waals surface area (Å²) >= 11 is 1.54. The molecule has 2 aromatic heterocycles. The van der Waals surface area contributed by atoms with Gasteiger partial charge in [-0.3, -0.25) is 4.79 Å². The van der Waals surface area contributed by atoms with Crippen molar-refractivity contribution in [3.63, 3.8) is 0 Å². The number of ether oxygens (including phenoxy) is 1. The monoisotopic (exact) mass is 339 g/mol. The highest BCUT2D eigenvalue weighted by molar-refractivity contribution is 7.20. The number of hydrogen-bond donors (Lipinski definition) is 0. The van der Waals surface area contributed by atoms with E-state index < -0.39 is 0 Å². The lowest BCUT2D eigenvalue weighted by molar-refractivity contribution is -0.0246. The minimum atomic E-state index is -0.196. The van der Waals surface area contributed by atoms with Crippen LogP contribution in [-0.4, -0.2) is 40.5 Å². The third kappa shape index (κ3) is 2.90. The predicted molar refractivity (Wildman–Crippen MR) is 93.2 cm³/mol. The summed E-state index contributed by atoms with van der Waals surface area (Å²) in [5.74, 6) is 0.777. The van der Waals surface area contributed by atoms with E-state index in [1.54, 1.807) is 17.5 Å². The fourth-order valence-corrected chi connectivity index (χ4v) is 3.94. The molecule has 1 saturated heterocycles. The minimum absolute atomic E-state index is 0.0651. The van der Waals surface area contributed by atoms with Crippen LogP contribution in [0.15, 0.2) is 42.6 Å². The number of aryl methyl sites for hydroxylation is 1. The molecular formula is C18H17N3O2S. The number of aromatic nitrogens is 2. The smallest absolute Gasteiger partial charge is 0.264 e. The molecule has 0 saturated carbocycles. The molecule has 1 aromatic carbocycles. The summed E-state index contributed by atoms with van der Waals surface area (Å²) in [7, 11) is 0. The first-order valence-corrected chi connectivity index (χ1v) is 8.71. The third-order valence-corrected chi connectivity index (χ3v) is 5.22. The van der Waals surface area contributed by atoms with Gasteiger partial charge in [0, 0.05) is 17.4 Å². The van der Waals surface area contributed by atoms with Gasteiger partial charge in [0.1, 0.15) is 11.9 Å². The Labute approximate surface area is 143 Å². The number of carbonyl (C=O) groups is 1. The fourth-order valence-electron chi connectivity index (χ4n) is 2.91. The number of amides is 1. The van der Waals surface area contributed by atoms with Crippen LogP contribution in [0.2, 0.25) is 0 Å². The van der Waals surface area contributed by atoms with Gasteiger partial charge >= 0.3 is 0 Å². The topological polar surface area (TPSA) is 55.3 Å². The standard InChI is InChI=1S/C18H17N3O2S/c1-12-19-7-6-14(20-12)15-11-21(8-9-23-15)18(22)17-10-13-4-2-3-5-16(13)24-17/h2-7,10,15H,8-9,11H2,1H3/t15-/m1/s1. The minimum Gasteiger partial charge on any atom is -0.368 e. The van der Waals surface area contributed by atoms with Crippen LogP contribution in [0.1, 0.15) is 27.3 Å². The molecule has 3 heterocycles. The summed E-state index contributed by atoms with van der Waals surface area (Å²) in [6, 6.07) is 11.9.